The molecule has 0 saturated heterocycles. The highest BCUT2D eigenvalue weighted by Crippen LogP contribution is 2.21. The lowest BCUT2D eigenvalue weighted by atomic mass is 10.2. The average Bonchev–Trinajstić information content (AvgIpc) is 2.28. The van der Waals surface area contributed by atoms with Gasteiger partial charge in [-0.15, -0.1) is 0 Å². The SMILES string of the molecule is COCc1ccc(S(=O)(=O)N(C(C)C)C(C)C)cc1. The van der Waals surface area contributed by atoms with Gasteiger partial charge in [0.1, 0.15) is 0 Å². The van der Waals surface area contributed by atoms with E-state index in [1.165, 1.54) is 4.31 Å². The van der Waals surface area contributed by atoms with Gasteiger partial charge in [-0.05, 0) is 45.4 Å². The summed E-state index contributed by atoms with van der Waals surface area (Å²) in [7, 11) is -1.82. The number of benzene rings is 1. The van der Waals surface area contributed by atoms with Crippen molar-refractivity contribution < 1.29 is 13.2 Å². The molecule has 0 aliphatic rings. The summed E-state index contributed by atoms with van der Waals surface area (Å²) in [5.41, 5.74) is 0.960. The van der Waals surface area contributed by atoms with Crippen LogP contribution in [0.2, 0.25) is 0 Å². The first kappa shape index (κ1) is 16.1. The van der Waals surface area contributed by atoms with E-state index in [9.17, 15) is 8.42 Å². The minimum Gasteiger partial charge on any atom is -0.380 e. The molecule has 4 nitrogen and oxygen atoms in total. The van der Waals surface area contributed by atoms with E-state index in [0.717, 1.165) is 5.56 Å². The van der Waals surface area contributed by atoms with Gasteiger partial charge < -0.3 is 4.74 Å². The number of nitrogens with zero attached hydrogens (tertiary/aromatic N) is 1. The maximum atomic E-state index is 12.6. The fourth-order valence-corrected chi connectivity index (χ4v) is 4.03. The Morgan fingerprint density at radius 1 is 1.05 bits per heavy atom. The normalized spacial score (nSPS) is 12.6. The lowest BCUT2D eigenvalue weighted by Gasteiger charge is -2.29. The van der Waals surface area contributed by atoms with Crippen molar-refractivity contribution in [3.8, 4) is 0 Å². The number of methoxy groups -OCH3 is 1. The van der Waals surface area contributed by atoms with Gasteiger partial charge >= 0.3 is 0 Å². The van der Waals surface area contributed by atoms with Crippen LogP contribution in [0.25, 0.3) is 0 Å². The Morgan fingerprint density at radius 3 is 1.89 bits per heavy atom. The quantitative estimate of drug-likeness (QED) is 0.807. The van der Waals surface area contributed by atoms with Crippen molar-refractivity contribution in [1.29, 1.82) is 0 Å². The zero-order chi connectivity index (χ0) is 14.6. The molecule has 1 aromatic rings. The summed E-state index contributed by atoms with van der Waals surface area (Å²) in [6.07, 6.45) is 0. The fourth-order valence-electron chi connectivity index (χ4n) is 2.20. The molecule has 1 rings (SSSR count). The summed E-state index contributed by atoms with van der Waals surface area (Å²) in [5, 5.41) is 0. The molecule has 108 valence electrons. The van der Waals surface area contributed by atoms with Crippen molar-refractivity contribution in [1.82, 2.24) is 4.31 Å². The molecule has 1 aromatic carbocycles. The van der Waals surface area contributed by atoms with E-state index in [0.29, 0.717) is 11.5 Å². The van der Waals surface area contributed by atoms with E-state index < -0.39 is 10.0 Å². The Morgan fingerprint density at radius 2 is 1.53 bits per heavy atom. The van der Waals surface area contributed by atoms with Crippen molar-refractivity contribution in [3.63, 3.8) is 0 Å². The Hall–Kier alpha value is -0.910. The van der Waals surface area contributed by atoms with Crippen LogP contribution in [0, 0.1) is 0 Å². The van der Waals surface area contributed by atoms with Crippen LogP contribution in [0.5, 0.6) is 0 Å². The first-order chi connectivity index (χ1) is 8.80. The van der Waals surface area contributed by atoms with Crippen LogP contribution in [-0.4, -0.2) is 31.9 Å². The molecule has 0 unspecified atom stereocenters. The zero-order valence-corrected chi connectivity index (χ0v) is 13.1. The van der Waals surface area contributed by atoms with Crippen molar-refractivity contribution in [2.24, 2.45) is 0 Å². The molecular formula is C14H23NO3S. The topological polar surface area (TPSA) is 46.6 Å². The minimum absolute atomic E-state index is 0.0661. The Balaban J connectivity index is 3.11. The smallest absolute Gasteiger partial charge is 0.243 e. The van der Waals surface area contributed by atoms with E-state index >= 15 is 0 Å². The highest BCUT2D eigenvalue weighted by atomic mass is 32.2. The monoisotopic (exact) mass is 285 g/mol. The van der Waals surface area contributed by atoms with Crippen molar-refractivity contribution in [2.75, 3.05) is 7.11 Å². The number of sulfonamides is 1. The van der Waals surface area contributed by atoms with Gasteiger partial charge in [0.25, 0.3) is 0 Å². The lowest BCUT2D eigenvalue weighted by Crippen LogP contribution is -2.41. The molecule has 0 saturated carbocycles. The van der Waals surface area contributed by atoms with Crippen molar-refractivity contribution in [2.45, 2.75) is 51.3 Å². The van der Waals surface area contributed by atoms with Gasteiger partial charge in [-0.3, -0.25) is 0 Å². The van der Waals surface area contributed by atoms with Gasteiger partial charge in [-0.2, -0.15) is 4.31 Å². The van der Waals surface area contributed by atoms with E-state index in [-0.39, 0.29) is 12.1 Å². The van der Waals surface area contributed by atoms with Gasteiger partial charge in [0.2, 0.25) is 10.0 Å². The lowest BCUT2D eigenvalue weighted by molar-refractivity contribution is 0.185. The van der Waals surface area contributed by atoms with Crippen LogP contribution in [0.1, 0.15) is 33.3 Å². The maximum Gasteiger partial charge on any atom is 0.243 e. The van der Waals surface area contributed by atoms with Crippen LogP contribution in [0.15, 0.2) is 29.2 Å². The summed E-state index contributed by atoms with van der Waals surface area (Å²) < 4.78 is 31.7. The second-order valence-electron chi connectivity index (χ2n) is 5.10. The molecular weight excluding hydrogens is 262 g/mol. The summed E-state index contributed by atoms with van der Waals surface area (Å²) in [4.78, 5) is 0.328. The molecule has 0 aromatic heterocycles. The number of hydrogen-bond acceptors (Lipinski definition) is 3. The van der Waals surface area contributed by atoms with Gasteiger partial charge in [0.15, 0.2) is 0 Å². The molecule has 0 aliphatic carbocycles. The predicted molar refractivity (Wildman–Crippen MR) is 76.5 cm³/mol. The largest absolute Gasteiger partial charge is 0.380 e. The number of hydrogen-bond donors (Lipinski definition) is 0. The van der Waals surface area contributed by atoms with Crippen LogP contribution in [-0.2, 0) is 21.4 Å². The number of rotatable bonds is 6. The third-order valence-corrected chi connectivity index (χ3v) is 5.09. The molecule has 0 fully saturated rings. The first-order valence-electron chi connectivity index (χ1n) is 6.42. The summed E-state index contributed by atoms with van der Waals surface area (Å²) >= 11 is 0. The molecule has 0 spiro atoms. The molecule has 0 N–H and O–H groups in total. The molecule has 19 heavy (non-hydrogen) atoms. The second kappa shape index (κ2) is 6.50. The molecule has 0 bridgehead atoms. The molecule has 0 aliphatic heterocycles. The molecule has 5 heteroatoms. The summed E-state index contributed by atoms with van der Waals surface area (Å²) in [6.45, 7) is 8.03. The third-order valence-electron chi connectivity index (χ3n) is 2.83. The van der Waals surface area contributed by atoms with E-state index in [1.807, 2.05) is 27.7 Å². The third kappa shape index (κ3) is 3.78. The molecule has 0 amide bonds. The fraction of sp³-hybridized carbons (Fsp3) is 0.571. The van der Waals surface area contributed by atoms with E-state index in [1.54, 1.807) is 31.4 Å². The van der Waals surface area contributed by atoms with Crippen molar-refractivity contribution >= 4 is 10.0 Å². The number of ether oxygens (including phenoxy) is 1. The van der Waals surface area contributed by atoms with Crippen LogP contribution in [0.4, 0.5) is 0 Å². The van der Waals surface area contributed by atoms with E-state index in [4.69, 9.17) is 4.74 Å². The summed E-state index contributed by atoms with van der Waals surface area (Å²) in [5.74, 6) is 0. The zero-order valence-electron chi connectivity index (χ0n) is 12.3. The maximum absolute atomic E-state index is 12.6. The Labute approximate surface area is 116 Å². The minimum atomic E-state index is -3.44. The van der Waals surface area contributed by atoms with E-state index in [2.05, 4.69) is 0 Å². The van der Waals surface area contributed by atoms with Gasteiger partial charge in [0.05, 0.1) is 11.5 Å². The van der Waals surface area contributed by atoms with Gasteiger partial charge in [-0.25, -0.2) is 8.42 Å². The van der Waals surface area contributed by atoms with Crippen LogP contribution in [0.3, 0.4) is 0 Å². The Bertz CT molecular complexity index is 484. The van der Waals surface area contributed by atoms with Gasteiger partial charge in [-0.1, -0.05) is 12.1 Å². The molecule has 0 heterocycles. The van der Waals surface area contributed by atoms with Crippen LogP contribution < -0.4 is 0 Å². The van der Waals surface area contributed by atoms with Crippen LogP contribution >= 0.6 is 0 Å². The second-order valence-corrected chi connectivity index (χ2v) is 6.94. The average molecular weight is 285 g/mol. The molecule has 0 radical (unpaired) electrons. The predicted octanol–water partition coefficient (Wildman–Crippen LogP) is 2.64. The highest BCUT2D eigenvalue weighted by Gasteiger charge is 2.29. The highest BCUT2D eigenvalue weighted by molar-refractivity contribution is 7.89. The Kier molecular flexibility index (Phi) is 5.52. The van der Waals surface area contributed by atoms with Crippen molar-refractivity contribution in [3.05, 3.63) is 29.8 Å². The van der Waals surface area contributed by atoms with Gasteiger partial charge in [0, 0.05) is 19.2 Å². The standard InChI is InChI=1S/C14H23NO3S/c1-11(2)15(12(3)4)19(16,17)14-8-6-13(7-9-14)10-18-5/h6-9,11-12H,10H2,1-5H3. The summed E-state index contributed by atoms with van der Waals surface area (Å²) in [6, 6.07) is 6.72. The first-order valence-corrected chi connectivity index (χ1v) is 7.86. The molecule has 0 atom stereocenters.